The minimum atomic E-state index is -3.81. The van der Waals surface area contributed by atoms with Crippen LogP contribution in [-0.4, -0.2) is 26.4 Å². The predicted molar refractivity (Wildman–Crippen MR) is 113 cm³/mol. The Balaban J connectivity index is 3.36. The Bertz CT molecular complexity index is 734. The van der Waals surface area contributed by atoms with Crippen LogP contribution in [0.3, 0.4) is 0 Å². The lowest BCUT2D eigenvalue weighted by Crippen LogP contribution is -2.11. The van der Waals surface area contributed by atoms with E-state index < -0.39 is 15.2 Å². The highest BCUT2D eigenvalue weighted by molar-refractivity contribution is 7.62. The van der Waals surface area contributed by atoms with Crippen molar-refractivity contribution in [2.24, 2.45) is 0 Å². The summed E-state index contributed by atoms with van der Waals surface area (Å²) in [5.74, 6) is 1.14. The largest absolute Gasteiger partial charge is 0.377 e. The summed E-state index contributed by atoms with van der Waals surface area (Å²) in [4.78, 5) is 0. The second-order valence-corrected chi connectivity index (χ2v) is 9.48. The SMILES string of the molecule is CCOP(=O)(/C=C(\N/C=C(/Cl)c1ccccc1)P(=O)(OCC)OCC)OCC. The minimum Gasteiger partial charge on any atom is -0.353 e. The van der Waals surface area contributed by atoms with Crippen LogP contribution in [0.1, 0.15) is 33.3 Å². The van der Waals surface area contributed by atoms with Crippen LogP contribution >= 0.6 is 26.8 Å². The van der Waals surface area contributed by atoms with Gasteiger partial charge in [0, 0.05) is 6.20 Å². The van der Waals surface area contributed by atoms with E-state index >= 15 is 0 Å². The molecule has 0 aliphatic carbocycles. The van der Waals surface area contributed by atoms with Crippen molar-refractivity contribution in [2.75, 3.05) is 26.4 Å². The van der Waals surface area contributed by atoms with Gasteiger partial charge in [-0.1, -0.05) is 41.9 Å². The maximum Gasteiger partial charge on any atom is 0.377 e. The van der Waals surface area contributed by atoms with E-state index in [-0.39, 0.29) is 31.9 Å². The zero-order chi connectivity index (χ0) is 21.0. The molecule has 0 saturated carbocycles. The van der Waals surface area contributed by atoms with Crippen LogP contribution < -0.4 is 5.32 Å². The maximum atomic E-state index is 13.3. The molecule has 0 spiro atoms. The minimum absolute atomic E-state index is 0.0597. The summed E-state index contributed by atoms with van der Waals surface area (Å²) < 4.78 is 47.5. The first kappa shape index (κ1) is 25.1. The Kier molecular flexibility index (Phi) is 11.3. The number of nitrogens with one attached hydrogen (secondary N) is 1. The third kappa shape index (κ3) is 7.84. The van der Waals surface area contributed by atoms with E-state index in [2.05, 4.69) is 5.32 Å². The molecule has 0 aliphatic heterocycles. The molecule has 28 heavy (non-hydrogen) atoms. The molecule has 1 aromatic carbocycles. The normalized spacial score (nSPS) is 13.6. The summed E-state index contributed by atoms with van der Waals surface area (Å²) in [7, 11) is -7.49. The van der Waals surface area contributed by atoms with Crippen molar-refractivity contribution in [1.82, 2.24) is 5.32 Å². The third-order valence-corrected chi connectivity index (χ3v) is 7.57. The topological polar surface area (TPSA) is 83.1 Å². The highest BCUT2D eigenvalue weighted by atomic mass is 35.5. The standard InChI is InChI=1S/C18H28ClNO6P2/c1-5-23-27(21,24-6-2)15-18(28(22,25-7-3)26-8-4)20-14-17(19)16-12-10-9-11-13-16/h9-15,20H,5-8H2,1-4H3/b17-14+,18-15+. The summed E-state index contributed by atoms with van der Waals surface area (Å²) in [6, 6.07) is 9.18. The average Bonchev–Trinajstić information content (AvgIpc) is 2.66. The van der Waals surface area contributed by atoms with Crippen LogP contribution in [0.4, 0.5) is 0 Å². The van der Waals surface area contributed by atoms with Crippen LogP contribution in [-0.2, 0) is 27.2 Å². The highest BCUT2D eigenvalue weighted by Gasteiger charge is 2.34. The van der Waals surface area contributed by atoms with Crippen molar-refractivity contribution in [3.8, 4) is 0 Å². The number of hydrogen-bond acceptors (Lipinski definition) is 7. The second kappa shape index (κ2) is 12.6. The van der Waals surface area contributed by atoms with E-state index in [9.17, 15) is 9.13 Å². The smallest absolute Gasteiger partial charge is 0.353 e. The molecule has 0 aromatic heterocycles. The lowest BCUT2D eigenvalue weighted by molar-refractivity contribution is 0.221. The van der Waals surface area contributed by atoms with Crippen molar-refractivity contribution in [3.05, 3.63) is 53.4 Å². The molecule has 0 heterocycles. The van der Waals surface area contributed by atoms with Gasteiger partial charge in [0.15, 0.2) is 0 Å². The van der Waals surface area contributed by atoms with Gasteiger partial charge in [-0.3, -0.25) is 9.13 Å². The van der Waals surface area contributed by atoms with E-state index in [0.29, 0.717) is 5.03 Å². The van der Waals surface area contributed by atoms with Gasteiger partial charge in [-0.2, -0.15) is 0 Å². The fourth-order valence-corrected chi connectivity index (χ4v) is 5.89. The van der Waals surface area contributed by atoms with Crippen LogP contribution in [0.5, 0.6) is 0 Å². The Hall–Kier alpha value is -0.910. The van der Waals surface area contributed by atoms with E-state index in [1.54, 1.807) is 27.7 Å². The molecule has 0 atom stereocenters. The Morgan fingerprint density at radius 3 is 1.89 bits per heavy atom. The first-order valence-electron chi connectivity index (χ1n) is 9.03. The molecule has 1 rings (SSSR count). The zero-order valence-electron chi connectivity index (χ0n) is 16.6. The lowest BCUT2D eigenvalue weighted by Gasteiger charge is -2.22. The summed E-state index contributed by atoms with van der Waals surface area (Å²) in [5, 5.41) is 3.18. The first-order valence-corrected chi connectivity index (χ1v) is 12.6. The summed E-state index contributed by atoms with van der Waals surface area (Å²) in [6.45, 7) is 7.28. The zero-order valence-corrected chi connectivity index (χ0v) is 19.1. The van der Waals surface area contributed by atoms with Crippen LogP contribution in [0.15, 0.2) is 47.8 Å². The lowest BCUT2D eigenvalue weighted by atomic mass is 10.2. The molecule has 0 bridgehead atoms. The molecule has 1 N–H and O–H groups in total. The van der Waals surface area contributed by atoms with Crippen molar-refractivity contribution in [3.63, 3.8) is 0 Å². The number of hydrogen-bond donors (Lipinski definition) is 1. The third-order valence-electron chi connectivity index (χ3n) is 3.19. The molecule has 0 amide bonds. The molecule has 0 radical (unpaired) electrons. The molecule has 0 aliphatic rings. The van der Waals surface area contributed by atoms with Crippen LogP contribution in [0.25, 0.3) is 5.03 Å². The van der Waals surface area contributed by atoms with Crippen molar-refractivity contribution >= 4 is 31.8 Å². The van der Waals surface area contributed by atoms with E-state index in [4.69, 9.17) is 29.7 Å². The molecular formula is C18H28ClNO6P2. The highest BCUT2D eigenvalue weighted by Crippen LogP contribution is 2.60. The molecule has 158 valence electrons. The van der Waals surface area contributed by atoms with Gasteiger partial charge in [0.2, 0.25) is 0 Å². The first-order chi connectivity index (χ1) is 13.3. The second-order valence-electron chi connectivity index (χ2n) is 5.23. The van der Waals surface area contributed by atoms with Gasteiger partial charge in [-0.15, -0.1) is 0 Å². The molecule has 1 aromatic rings. The van der Waals surface area contributed by atoms with Crippen molar-refractivity contribution < 1.29 is 27.2 Å². The molecule has 7 nitrogen and oxygen atoms in total. The number of benzene rings is 1. The summed E-state index contributed by atoms with van der Waals surface area (Å²) >= 11 is 6.32. The Morgan fingerprint density at radius 1 is 0.929 bits per heavy atom. The van der Waals surface area contributed by atoms with Gasteiger partial charge >= 0.3 is 15.2 Å². The molecular weight excluding hydrogens is 424 g/mol. The number of halogens is 1. The van der Waals surface area contributed by atoms with Crippen LogP contribution in [0.2, 0.25) is 0 Å². The monoisotopic (exact) mass is 451 g/mol. The molecule has 0 fully saturated rings. The van der Waals surface area contributed by atoms with Crippen LogP contribution in [0, 0.1) is 0 Å². The van der Waals surface area contributed by atoms with Gasteiger partial charge in [0.05, 0.1) is 37.3 Å². The van der Waals surface area contributed by atoms with Gasteiger partial charge in [0.1, 0.15) is 5.44 Å². The fraction of sp³-hybridized carbons (Fsp3) is 0.444. The van der Waals surface area contributed by atoms with Crippen molar-refractivity contribution in [2.45, 2.75) is 27.7 Å². The summed E-state index contributed by atoms with van der Waals surface area (Å²) in [5.41, 5.74) is 0.687. The molecule has 10 heteroatoms. The van der Waals surface area contributed by atoms with E-state index in [0.717, 1.165) is 11.4 Å². The fourth-order valence-electron chi connectivity index (χ4n) is 2.14. The Labute approximate surface area is 172 Å². The van der Waals surface area contributed by atoms with E-state index in [1.807, 2.05) is 30.3 Å². The predicted octanol–water partition coefficient (Wildman–Crippen LogP) is 6.14. The quantitative estimate of drug-likeness (QED) is 0.360. The van der Waals surface area contributed by atoms with Gasteiger partial charge < -0.3 is 23.4 Å². The number of rotatable bonds is 13. The average molecular weight is 452 g/mol. The van der Waals surface area contributed by atoms with Gasteiger partial charge in [-0.05, 0) is 33.3 Å². The summed E-state index contributed by atoms with van der Waals surface area (Å²) in [6.07, 6.45) is 1.43. The van der Waals surface area contributed by atoms with Crippen molar-refractivity contribution in [1.29, 1.82) is 0 Å². The molecule has 0 saturated heterocycles. The van der Waals surface area contributed by atoms with Gasteiger partial charge in [-0.25, -0.2) is 0 Å². The maximum absolute atomic E-state index is 13.3. The molecule has 0 unspecified atom stereocenters. The van der Waals surface area contributed by atoms with E-state index in [1.165, 1.54) is 6.20 Å². The van der Waals surface area contributed by atoms with Gasteiger partial charge in [0.25, 0.3) is 0 Å². The Morgan fingerprint density at radius 2 is 1.43 bits per heavy atom.